The van der Waals surface area contributed by atoms with Gasteiger partial charge in [-0.15, -0.1) is 0 Å². The third-order valence-corrected chi connectivity index (χ3v) is 5.08. The lowest BCUT2D eigenvalue weighted by Crippen LogP contribution is -1.83. The van der Waals surface area contributed by atoms with E-state index < -0.39 is 9.05 Å². The summed E-state index contributed by atoms with van der Waals surface area (Å²) in [6, 6.07) is 1.41. The fraction of sp³-hybridized carbons (Fsp3) is 0.200. The molecule has 1 aromatic heterocycles. The third-order valence-electron chi connectivity index (χ3n) is 1.06. The molecule has 1 aromatic rings. The second-order valence-electron chi connectivity index (χ2n) is 1.84. The number of methoxy groups -OCH3 is 1. The van der Waals surface area contributed by atoms with Gasteiger partial charge in [-0.05, 0) is 22.0 Å². The summed E-state index contributed by atoms with van der Waals surface area (Å²) in [6.07, 6.45) is 0. The van der Waals surface area contributed by atoms with Crippen LogP contribution in [0.2, 0.25) is 0 Å². The molecule has 0 atom stereocenters. The van der Waals surface area contributed by atoms with Gasteiger partial charge in [-0.1, -0.05) is 11.3 Å². The van der Waals surface area contributed by atoms with E-state index >= 15 is 0 Å². The van der Waals surface area contributed by atoms with Gasteiger partial charge in [0.15, 0.2) is 5.06 Å². The van der Waals surface area contributed by atoms with Crippen molar-refractivity contribution in [3.8, 4) is 5.06 Å². The molecule has 0 unspecified atom stereocenters. The molecule has 0 saturated heterocycles. The molecule has 1 rings (SSSR count). The smallest absolute Gasteiger partial charge is 0.270 e. The molecule has 0 aliphatic heterocycles. The molecule has 0 bridgehead atoms. The van der Waals surface area contributed by atoms with Crippen molar-refractivity contribution >= 4 is 47.0 Å². The average molecular weight is 292 g/mol. The van der Waals surface area contributed by atoms with Gasteiger partial charge in [0.2, 0.25) is 0 Å². The van der Waals surface area contributed by atoms with Crippen LogP contribution in [0, 0.1) is 0 Å². The van der Waals surface area contributed by atoms with Crippen molar-refractivity contribution in [2.75, 3.05) is 7.11 Å². The largest absolute Gasteiger partial charge is 0.486 e. The molecule has 0 aliphatic carbocycles. The molecule has 0 aromatic carbocycles. The van der Waals surface area contributed by atoms with E-state index in [9.17, 15) is 8.42 Å². The van der Waals surface area contributed by atoms with Crippen LogP contribution in [-0.4, -0.2) is 15.5 Å². The number of ether oxygens (including phenoxy) is 1. The van der Waals surface area contributed by atoms with Crippen molar-refractivity contribution in [3.05, 3.63) is 10.5 Å². The number of thiophene rings is 1. The first-order chi connectivity index (χ1) is 5.45. The van der Waals surface area contributed by atoms with Crippen LogP contribution in [-0.2, 0) is 9.05 Å². The van der Waals surface area contributed by atoms with Crippen LogP contribution in [0.3, 0.4) is 0 Å². The first kappa shape index (κ1) is 10.3. The summed E-state index contributed by atoms with van der Waals surface area (Å²) in [5.74, 6) is 0. The molecule has 7 heteroatoms. The predicted octanol–water partition coefficient (Wildman–Crippen LogP) is 2.45. The first-order valence-corrected chi connectivity index (χ1v) is 6.65. The Labute approximate surface area is 86.9 Å². The maximum Gasteiger partial charge on any atom is 0.270 e. The lowest BCUT2D eigenvalue weighted by atomic mass is 10.6. The van der Waals surface area contributed by atoms with Crippen LogP contribution in [0.1, 0.15) is 0 Å². The molecule has 0 saturated carbocycles. The van der Waals surface area contributed by atoms with Gasteiger partial charge >= 0.3 is 0 Å². The highest BCUT2D eigenvalue weighted by molar-refractivity contribution is 9.10. The zero-order chi connectivity index (χ0) is 9.35. The Hall–Kier alpha value is 0.220. The minimum Gasteiger partial charge on any atom is -0.486 e. The summed E-state index contributed by atoms with van der Waals surface area (Å²) < 4.78 is 27.2. The highest BCUT2D eigenvalue weighted by atomic mass is 79.9. The van der Waals surface area contributed by atoms with Crippen molar-refractivity contribution in [2.24, 2.45) is 0 Å². The number of halogens is 2. The Balaban J connectivity index is 3.23. The Kier molecular flexibility index (Phi) is 3.03. The molecule has 0 radical (unpaired) electrons. The first-order valence-electron chi connectivity index (χ1n) is 2.73. The van der Waals surface area contributed by atoms with Crippen LogP contribution in [0.4, 0.5) is 0 Å². The summed E-state index contributed by atoms with van der Waals surface area (Å²) in [4.78, 5) is 0. The molecule has 0 fully saturated rings. The number of hydrogen-bond donors (Lipinski definition) is 0. The summed E-state index contributed by atoms with van der Waals surface area (Å²) in [6.45, 7) is 0. The normalized spacial score (nSPS) is 11.6. The van der Waals surface area contributed by atoms with E-state index in [4.69, 9.17) is 15.4 Å². The Morgan fingerprint density at radius 3 is 2.50 bits per heavy atom. The topological polar surface area (TPSA) is 43.4 Å². The quantitative estimate of drug-likeness (QED) is 0.786. The molecule has 0 spiro atoms. The van der Waals surface area contributed by atoms with Gasteiger partial charge in [0.1, 0.15) is 4.21 Å². The van der Waals surface area contributed by atoms with Gasteiger partial charge in [-0.25, -0.2) is 8.42 Å². The predicted molar refractivity (Wildman–Crippen MR) is 51.6 cm³/mol. The number of rotatable bonds is 2. The summed E-state index contributed by atoms with van der Waals surface area (Å²) in [7, 11) is 2.93. The van der Waals surface area contributed by atoms with Crippen LogP contribution in [0.5, 0.6) is 5.06 Å². The molecular weight excluding hydrogens is 288 g/mol. The van der Waals surface area contributed by atoms with Gasteiger partial charge in [-0.2, -0.15) is 0 Å². The van der Waals surface area contributed by atoms with Crippen molar-refractivity contribution < 1.29 is 13.2 Å². The van der Waals surface area contributed by atoms with E-state index in [1.165, 1.54) is 13.2 Å². The maximum atomic E-state index is 10.8. The van der Waals surface area contributed by atoms with Crippen molar-refractivity contribution in [2.45, 2.75) is 4.21 Å². The summed E-state index contributed by atoms with van der Waals surface area (Å²) in [5, 5.41) is 0.495. The fourth-order valence-electron chi connectivity index (χ4n) is 0.591. The van der Waals surface area contributed by atoms with Gasteiger partial charge < -0.3 is 4.74 Å². The highest BCUT2D eigenvalue weighted by Crippen LogP contribution is 2.38. The molecule has 12 heavy (non-hydrogen) atoms. The van der Waals surface area contributed by atoms with E-state index in [1.807, 2.05) is 0 Å². The molecular formula is C5H4BrClO3S2. The zero-order valence-corrected chi connectivity index (χ0v) is 9.85. The zero-order valence-electron chi connectivity index (χ0n) is 5.87. The Morgan fingerprint density at radius 2 is 2.25 bits per heavy atom. The van der Waals surface area contributed by atoms with Crippen molar-refractivity contribution in [1.82, 2.24) is 0 Å². The minimum atomic E-state index is -3.63. The maximum absolute atomic E-state index is 10.8. The van der Waals surface area contributed by atoms with E-state index in [2.05, 4.69) is 15.9 Å². The lowest BCUT2D eigenvalue weighted by Gasteiger charge is -1.91. The highest BCUT2D eigenvalue weighted by Gasteiger charge is 2.16. The molecule has 0 aliphatic rings. The second-order valence-corrected chi connectivity index (χ2v) is 6.50. The summed E-state index contributed by atoms with van der Waals surface area (Å²) >= 11 is 4.11. The van der Waals surface area contributed by atoms with E-state index in [0.717, 1.165) is 11.3 Å². The Morgan fingerprint density at radius 1 is 1.67 bits per heavy atom. The average Bonchev–Trinajstić information content (AvgIpc) is 2.29. The second kappa shape index (κ2) is 3.53. The van der Waals surface area contributed by atoms with Crippen molar-refractivity contribution in [3.63, 3.8) is 0 Å². The van der Waals surface area contributed by atoms with Crippen molar-refractivity contribution in [1.29, 1.82) is 0 Å². The molecule has 68 valence electrons. The molecule has 0 N–H and O–H groups in total. The van der Waals surface area contributed by atoms with Gasteiger partial charge in [0.05, 0.1) is 11.6 Å². The van der Waals surface area contributed by atoms with E-state index in [0.29, 0.717) is 9.54 Å². The van der Waals surface area contributed by atoms with Gasteiger partial charge in [0.25, 0.3) is 9.05 Å². The third kappa shape index (κ3) is 2.12. The SMILES string of the molecule is COc1sc(S(=O)(=O)Cl)cc1Br. The standard InChI is InChI=1S/C5H4BrClO3S2/c1-10-5-3(6)2-4(11-5)12(7,8)9/h2H,1H3. The lowest BCUT2D eigenvalue weighted by molar-refractivity contribution is 0.425. The van der Waals surface area contributed by atoms with E-state index in [1.54, 1.807) is 0 Å². The van der Waals surface area contributed by atoms with Crippen LogP contribution >= 0.6 is 37.9 Å². The fourth-order valence-corrected chi connectivity index (χ4v) is 3.43. The van der Waals surface area contributed by atoms with Crippen LogP contribution in [0.25, 0.3) is 0 Å². The number of hydrogen-bond acceptors (Lipinski definition) is 4. The van der Waals surface area contributed by atoms with E-state index in [-0.39, 0.29) is 4.21 Å². The summed E-state index contributed by atoms with van der Waals surface area (Å²) in [5.41, 5.74) is 0. The van der Waals surface area contributed by atoms with Crippen LogP contribution in [0.15, 0.2) is 14.7 Å². The minimum absolute atomic E-state index is 0.0768. The van der Waals surface area contributed by atoms with Crippen LogP contribution < -0.4 is 4.74 Å². The monoisotopic (exact) mass is 290 g/mol. The van der Waals surface area contributed by atoms with Gasteiger partial charge in [-0.3, -0.25) is 0 Å². The Bertz CT molecular complexity index is 383. The molecule has 1 heterocycles. The van der Waals surface area contributed by atoms with Gasteiger partial charge in [0, 0.05) is 10.7 Å². The molecule has 0 amide bonds. The molecule has 3 nitrogen and oxygen atoms in total.